The molecule has 0 spiro atoms. The average Bonchev–Trinajstić information content (AvgIpc) is 3.34. The molecule has 0 atom stereocenters. The number of rotatable bonds is 9. The summed E-state index contributed by atoms with van der Waals surface area (Å²) in [6.07, 6.45) is 1.65. The lowest BCUT2D eigenvalue weighted by Crippen LogP contribution is -2.23. The molecule has 0 fully saturated rings. The molecule has 1 N–H and O–H groups in total. The van der Waals surface area contributed by atoms with Gasteiger partial charge in [-0.15, -0.1) is 11.3 Å². The van der Waals surface area contributed by atoms with Crippen LogP contribution in [-0.2, 0) is 6.54 Å². The number of carbonyl (C=O) groups is 1. The molecule has 0 radical (unpaired) electrons. The van der Waals surface area contributed by atoms with Crippen LogP contribution in [0.3, 0.4) is 0 Å². The largest absolute Gasteiger partial charge is 0.496 e. The number of amides is 1. The van der Waals surface area contributed by atoms with E-state index in [2.05, 4.69) is 15.3 Å². The number of nitrogens with zero attached hydrogens (tertiary/aromatic N) is 2. The Kier molecular flexibility index (Phi) is 7.16. The molecule has 1 amide bonds. The molecule has 2 heterocycles. The van der Waals surface area contributed by atoms with Gasteiger partial charge in [-0.05, 0) is 55.0 Å². The predicted octanol–water partition coefficient (Wildman–Crippen LogP) is 5.33. The summed E-state index contributed by atoms with van der Waals surface area (Å²) in [6.45, 7) is 2.87. The molecule has 7 nitrogen and oxygen atoms in total. The number of ether oxygens (including phenoxy) is 3. The lowest BCUT2D eigenvalue weighted by Gasteiger charge is -2.08. The van der Waals surface area contributed by atoms with Gasteiger partial charge in [-0.1, -0.05) is 12.1 Å². The lowest BCUT2D eigenvalue weighted by atomic mass is 10.2. The van der Waals surface area contributed by atoms with Crippen molar-refractivity contribution in [2.75, 3.05) is 13.7 Å². The van der Waals surface area contributed by atoms with Crippen LogP contribution in [0.2, 0.25) is 0 Å². The van der Waals surface area contributed by atoms with Gasteiger partial charge in [0.05, 0.1) is 19.3 Å². The Morgan fingerprint density at radius 3 is 2.64 bits per heavy atom. The Morgan fingerprint density at radius 2 is 1.85 bits per heavy atom. The molecule has 4 rings (SSSR count). The summed E-state index contributed by atoms with van der Waals surface area (Å²) in [5, 5.41) is 5.36. The van der Waals surface area contributed by atoms with Gasteiger partial charge in [-0.3, -0.25) is 4.79 Å². The van der Waals surface area contributed by atoms with E-state index in [9.17, 15) is 4.79 Å². The number of nitrogens with one attached hydrogen (secondary N) is 1. The minimum absolute atomic E-state index is 0.252. The molecule has 0 aliphatic heterocycles. The van der Waals surface area contributed by atoms with Crippen LogP contribution in [0.5, 0.6) is 23.1 Å². The number of para-hydroxylation sites is 1. The van der Waals surface area contributed by atoms with Gasteiger partial charge in [0, 0.05) is 24.2 Å². The number of thiazole rings is 1. The van der Waals surface area contributed by atoms with Crippen LogP contribution in [0, 0.1) is 0 Å². The van der Waals surface area contributed by atoms with Gasteiger partial charge in [0.2, 0.25) is 5.88 Å². The van der Waals surface area contributed by atoms with E-state index < -0.39 is 0 Å². The van der Waals surface area contributed by atoms with Crippen molar-refractivity contribution in [2.45, 2.75) is 13.5 Å². The molecule has 0 aliphatic carbocycles. The molecule has 168 valence electrons. The Bertz CT molecular complexity index is 1220. The smallest absolute Gasteiger partial charge is 0.271 e. The van der Waals surface area contributed by atoms with E-state index in [4.69, 9.17) is 14.2 Å². The fourth-order valence-electron chi connectivity index (χ4n) is 3.10. The van der Waals surface area contributed by atoms with Gasteiger partial charge < -0.3 is 19.5 Å². The molecule has 2 aromatic heterocycles. The van der Waals surface area contributed by atoms with Crippen molar-refractivity contribution in [1.82, 2.24) is 15.3 Å². The van der Waals surface area contributed by atoms with Gasteiger partial charge in [0.15, 0.2) is 0 Å². The van der Waals surface area contributed by atoms with E-state index in [1.54, 1.807) is 24.8 Å². The molecule has 0 unspecified atom stereocenters. The average molecular weight is 462 g/mol. The standard InChI is InChI=1S/C25H23N3O4S/c1-3-31-18-8-10-19(11-9-18)32-23-14-17(12-13-26-23)15-27-24(29)21-16-33-25(28-21)20-6-4-5-7-22(20)30-2/h4-14,16H,3,15H2,1-2H3,(H,27,29). The van der Waals surface area contributed by atoms with E-state index in [1.165, 1.54) is 11.3 Å². The molecular formula is C25H23N3O4S. The van der Waals surface area contributed by atoms with Crippen molar-refractivity contribution >= 4 is 17.2 Å². The first kappa shape index (κ1) is 22.3. The van der Waals surface area contributed by atoms with Gasteiger partial charge in [-0.25, -0.2) is 9.97 Å². The van der Waals surface area contributed by atoms with Crippen molar-refractivity contribution in [3.05, 3.63) is 83.5 Å². The first-order chi connectivity index (χ1) is 16.2. The van der Waals surface area contributed by atoms with E-state index in [-0.39, 0.29) is 5.91 Å². The first-order valence-electron chi connectivity index (χ1n) is 10.4. The SMILES string of the molecule is CCOc1ccc(Oc2cc(CNC(=O)c3csc(-c4ccccc4OC)n3)ccn2)cc1. The number of methoxy groups -OCH3 is 1. The number of hydrogen-bond donors (Lipinski definition) is 1. The highest BCUT2D eigenvalue weighted by Gasteiger charge is 2.14. The maximum atomic E-state index is 12.6. The number of benzene rings is 2. The summed E-state index contributed by atoms with van der Waals surface area (Å²) < 4.78 is 16.6. The summed E-state index contributed by atoms with van der Waals surface area (Å²) in [6, 6.07) is 18.5. The van der Waals surface area contributed by atoms with Crippen LogP contribution < -0.4 is 19.5 Å². The monoisotopic (exact) mass is 461 g/mol. The maximum absolute atomic E-state index is 12.6. The van der Waals surface area contributed by atoms with Gasteiger partial charge in [0.1, 0.15) is 28.0 Å². The van der Waals surface area contributed by atoms with Crippen molar-refractivity contribution < 1.29 is 19.0 Å². The Labute approximate surface area is 196 Å². The lowest BCUT2D eigenvalue weighted by molar-refractivity contribution is 0.0946. The summed E-state index contributed by atoms with van der Waals surface area (Å²) in [4.78, 5) is 21.3. The van der Waals surface area contributed by atoms with E-state index in [1.807, 2.05) is 61.5 Å². The summed E-state index contributed by atoms with van der Waals surface area (Å²) in [5.41, 5.74) is 2.08. The maximum Gasteiger partial charge on any atom is 0.271 e. The van der Waals surface area contributed by atoms with E-state index in [0.29, 0.717) is 30.5 Å². The second-order valence-electron chi connectivity index (χ2n) is 6.93. The highest BCUT2D eigenvalue weighted by Crippen LogP contribution is 2.32. The molecular weight excluding hydrogens is 438 g/mol. The molecule has 33 heavy (non-hydrogen) atoms. The quantitative estimate of drug-likeness (QED) is 0.363. The highest BCUT2D eigenvalue weighted by atomic mass is 32.1. The van der Waals surface area contributed by atoms with Crippen LogP contribution in [-0.4, -0.2) is 29.6 Å². The Morgan fingerprint density at radius 1 is 1.06 bits per heavy atom. The third kappa shape index (κ3) is 5.67. The molecule has 0 saturated heterocycles. The van der Waals surface area contributed by atoms with Crippen LogP contribution in [0.25, 0.3) is 10.6 Å². The number of aromatic nitrogens is 2. The fraction of sp³-hybridized carbons (Fsp3) is 0.160. The second kappa shape index (κ2) is 10.6. The zero-order valence-corrected chi connectivity index (χ0v) is 19.1. The third-order valence-corrected chi connectivity index (χ3v) is 5.56. The molecule has 0 aliphatic rings. The van der Waals surface area contributed by atoms with Crippen LogP contribution >= 0.6 is 11.3 Å². The second-order valence-corrected chi connectivity index (χ2v) is 7.79. The van der Waals surface area contributed by atoms with Gasteiger partial charge >= 0.3 is 0 Å². The van der Waals surface area contributed by atoms with Crippen molar-refractivity contribution in [3.63, 3.8) is 0 Å². The topological polar surface area (TPSA) is 82.6 Å². The van der Waals surface area contributed by atoms with Crippen molar-refractivity contribution in [1.29, 1.82) is 0 Å². The Hall–Kier alpha value is -3.91. The predicted molar refractivity (Wildman–Crippen MR) is 127 cm³/mol. The van der Waals surface area contributed by atoms with E-state index >= 15 is 0 Å². The summed E-state index contributed by atoms with van der Waals surface area (Å²) in [5.74, 6) is 2.34. The van der Waals surface area contributed by atoms with Crippen LogP contribution in [0.1, 0.15) is 23.0 Å². The highest BCUT2D eigenvalue weighted by molar-refractivity contribution is 7.13. The zero-order valence-electron chi connectivity index (χ0n) is 18.3. The fourth-order valence-corrected chi connectivity index (χ4v) is 3.93. The first-order valence-corrected chi connectivity index (χ1v) is 11.3. The minimum Gasteiger partial charge on any atom is -0.496 e. The summed E-state index contributed by atoms with van der Waals surface area (Å²) in [7, 11) is 1.61. The van der Waals surface area contributed by atoms with Gasteiger partial charge in [-0.2, -0.15) is 0 Å². The minimum atomic E-state index is -0.252. The van der Waals surface area contributed by atoms with Crippen molar-refractivity contribution in [2.24, 2.45) is 0 Å². The Balaban J connectivity index is 1.37. The van der Waals surface area contributed by atoms with E-state index in [0.717, 1.165) is 27.6 Å². The van der Waals surface area contributed by atoms with Gasteiger partial charge in [0.25, 0.3) is 5.91 Å². The zero-order chi connectivity index (χ0) is 23.0. The number of carbonyl (C=O) groups excluding carboxylic acids is 1. The number of pyridine rings is 1. The van der Waals surface area contributed by atoms with Crippen molar-refractivity contribution in [3.8, 4) is 33.7 Å². The van der Waals surface area contributed by atoms with Crippen LogP contribution in [0.15, 0.2) is 72.2 Å². The number of hydrogen-bond acceptors (Lipinski definition) is 7. The molecule has 8 heteroatoms. The normalized spacial score (nSPS) is 10.5. The molecule has 2 aromatic carbocycles. The molecule has 0 bridgehead atoms. The molecule has 0 saturated carbocycles. The van der Waals surface area contributed by atoms with Crippen LogP contribution in [0.4, 0.5) is 0 Å². The summed E-state index contributed by atoms with van der Waals surface area (Å²) >= 11 is 1.40. The third-order valence-electron chi connectivity index (χ3n) is 4.68. The molecule has 4 aromatic rings.